The van der Waals surface area contributed by atoms with Crippen LogP contribution in [0.5, 0.6) is 0 Å². The molecule has 0 spiro atoms. The molecular formula is C13H18ClF2N. The Kier molecular flexibility index (Phi) is 5.34. The van der Waals surface area contributed by atoms with Gasteiger partial charge in [-0.1, -0.05) is 30.3 Å². The van der Waals surface area contributed by atoms with Crippen LogP contribution in [0.3, 0.4) is 0 Å². The fraction of sp³-hybridized carbons (Fsp3) is 0.538. The number of hydrogen-bond donors (Lipinski definition) is 0. The van der Waals surface area contributed by atoms with Crippen LogP contribution in [0.25, 0.3) is 0 Å². The maximum Gasteiger partial charge on any atom is 0.285 e. The summed E-state index contributed by atoms with van der Waals surface area (Å²) in [5.74, 6) is -2.47. The van der Waals surface area contributed by atoms with Gasteiger partial charge < -0.3 is 0 Å². The second-order valence-electron chi connectivity index (χ2n) is 4.32. The summed E-state index contributed by atoms with van der Waals surface area (Å²) in [6, 6.07) is 7.97. The van der Waals surface area contributed by atoms with E-state index in [2.05, 4.69) is 0 Å². The fourth-order valence-corrected chi connectivity index (χ4v) is 1.87. The van der Waals surface area contributed by atoms with Crippen LogP contribution in [0.4, 0.5) is 8.78 Å². The zero-order valence-electron chi connectivity index (χ0n) is 10.2. The van der Waals surface area contributed by atoms with E-state index in [0.717, 1.165) is 0 Å². The van der Waals surface area contributed by atoms with Crippen molar-refractivity contribution in [1.29, 1.82) is 0 Å². The Morgan fingerprint density at radius 2 is 1.82 bits per heavy atom. The summed E-state index contributed by atoms with van der Waals surface area (Å²) in [4.78, 5) is 1.69. The molecule has 0 aliphatic carbocycles. The Balaban J connectivity index is 2.77. The molecule has 0 radical (unpaired) electrons. The summed E-state index contributed by atoms with van der Waals surface area (Å²) in [5, 5.41) is 0. The smallest absolute Gasteiger partial charge is 0.285 e. The van der Waals surface area contributed by atoms with E-state index in [1.807, 2.05) is 13.8 Å². The van der Waals surface area contributed by atoms with E-state index >= 15 is 0 Å². The lowest BCUT2D eigenvalue weighted by atomic mass is 10.1. The molecule has 0 aromatic heterocycles. The normalized spacial score (nSPS) is 12.4. The number of halogens is 3. The fourth-order valence-electron chi connectivity index (χ4n) is 1.66. The van der Waals surface area contributed by atoms with Crippen LogP contribution in [-0.4, -0.2) is 29.9 Å². The molecule has 1 aromatic rings. The van der Waals surface area contributed by atoms with Crippen molar-refractivity contribution >= 4 is 11.6 Å². The summed E-state index contributed by atoms with van der Waals surface area (Å²) < 4.78 is 28.0. The van der Waals surface area contributed by atoms with Crippen LogP contribution in [0.15, 0.2) is 30.3 Å². The highest BCUT2D eigenvalue weighted by Gasteiger charge is 2.34. The van der Waals surface area contributed by atoms with Gasteiger partial charge in [0, 0.05) is 24.0 Å². The second kappa shape index (κ2) is 6.31. The van der Waals surface area contributed by atoms with Crippen molar-refractivity contribution in [3.63, 3.8) is 0 Å². The molecule has 17 heavy (non-hydrogen) atoms. The molecule has 0 fully saturated rings. The summed E-state index contributed by atoms with van der Waals surface area (Å²) in [6.45, 7) is 3.98. The maximum absolute atomic E-state index is 14.0. The van der Waals surface area contributed by atoms with Gasteiger partial charge in [-0.15, -0.1) is 11.6 Å². The Labute approximate surface area is 106 Å². The molecule has 1 nitrogen and oxygen atoms in total. The molecule has 0 saturated heterocycles. The van der Waals surface area contributed by atoms with Crippen molar-refractivity contribution in [3.8, 4) is 0 Å². The molecule has 1 aromatic carbocycles. The van der Waals surface area contributed by atoms with Crippen molar-refractivity contribution < 1.29 is 8.78 Å². The molecule has 0 aliphatic rings. The number of hydrogen-bond acceptors (Lipinski definition) is 1. The van der Waals surface area contributed by atoms with Gasteiger partial charge in [-0.2, -0.15) is 8.78 Å². The highest BCUT2D eigenvalue weighted by molar-refractivity contribution is 6.18. The van der Waals surface area contributed by atoms with Crippen LogP contribution in [0.1, 0.15) is 19.4 Å². The molecule has 4 heteroatoms. The Morgan fingerprint density at radius 1 is 1.24 bits per heavy atom. The van der Waals surface area contributed by atoms with E-state index in [4.69, 9.17) is 11.6 Å². The number of nitrogens with zero attached hydrogens (tertiary/aromatic N) is 1. The highest BCUT2D eigenvalue weighted by atomic mass is 35.5. The third-order valence-electron chi connectivity index (χ3n) is 2.70. The third-order valence-corrected chi connectivity index (χ3v) is 2.87. The van der Waals surface area contributed by atoms with Gasteiger partial charge in [0.05, 0.1) is 6.54 Å². The number of alkyl halides is 3. The molecule has 0 aliphatic heterocycles. The van der Waals surface area contributed by atoms with Gasteiger partial charge >= 0.3 is 0 Å². The Hall–Kier alpha value is -0.670. The highest BCUT2D eigenvalue weighted by Crippen LogP contribution is 2.29. The summed E-state index contributed by atoms with van der Waals surface area (Å²) >= 11 is 5.63. The van der Waals surface area contributed by atoms with E-state index in [1.54, 1.807) is 23.1 Å². The predicted octanol–water partition coefficient (Wildman–Crippen LogP) is 3.73. The van der Waals surface area contributed by atoms with Gasteiger partial charge in [0.25, 0.3) is 5.92 Å². The van der Waals surface area contributed by atoms with E-state index in [1.165, 1.54) is 12.1 Å². The molecule has 0 amide bonds. The predicted molar refractivity (Wildman–Crippen MR) is 67.8 cm³/mol. The molecule has 0 N–H and O–H groups in total. The molecule has 0 heterocycles. The molecule has 0 atom stereocenters. The average molecular weight is 262 g/mol. The van der Waals surface area contributed by atoms with Gasteiger partial charge in [0.15, 0.2) is 0 Å². The van der Waals surface area contributed by atoms with Crippen LogP contribution >= 0.6 is 11.6 Å². The van der Waals surface area contributed by atoms with Crippen molar-refractivity contribution in [1.82, 2.24) is 4.90 Å². The first kappa shape index (κ1) is 14.4. The topological polar surface area (TPSA) is 3.24 Å². The minimum Gasteiger partial charge on any atom is -0.294 e. The van der Waals surface area contributed by atoms with Crippen LogP contribution < -0.4 is 0 Å². The number of benzene rings is 1. The van der Waals surface area contributed by atoms with Crippen molar-refractivity contribution in [2.24, 2.45) is 0 Å². The first-order valence-electron chi connectivity index (χ1n) is 5.70. The zero-order valence-corrected chi connectivity index (χ0v) is 10.9. The summed E-state index contributed by atoms with van der Waals surface area (Å²) in [5.41, 5.74) is 0.0558. The van der Waals surface area contributed by atoms with E-state index in [0.29, 0.717) is 12.4 Å². The summed E-state index contributed by atoms with van der Waals surface area (Å²) in [7, 11) is 0. The standard InChI is InChI=1S/C13H18ClF2N/c1-11(2)17(9-8-14)10-13(15,16)12-6-4-3-5-7-12/h3-7,11H,8-10H2,1-2H3. The van der Waals surface area contributed by atoms with Gasteiger partial charge in [-0.25, -0.2) is 0 Å². The van der Waals surface area contributed by atoms with Crippen molar-refractivity contribution in [2.45, 2.75) is 25.8 Å². The van der Waals surface area contributed by atoms with Gasteiger partial charge in [-0.3, -0.25) is 4.90 Å². The lowest BCUT2D eigenvalue weighted by molar-refractivity contribution is -0.0434. The SMILES string of the molecule is CC(C)N(CCCl)CC(F)(F)c1ccccc1. The first-order valence-corrected chi connectivity index (χ1v) is 6.24. The summed E-state index contributed by atoms with van der Waals surface area (Å²) in [6.07, 6.45) is 0. The molecule has 1 rings (SSSR count). The number of rotatable bonds is 6. The van der Waals surface area contributed by atoms with E-state index < -0.39 is 5.92 Å². The third kappa shape index (κ3) is 4.25. The van der Waals surface area contributed by atoms with Gasteiger partial charge in [0.2, 0.25) is 0 Å². The minimum absolute atomic E-state index is 0.0558. The Morgan fingerprint density at radius 3 is 2.29 bits per heavy atom. The largest absolute Gasteiger partial charge is 0.294 e. The monoisotopic (exact) mass is 261 g/mol. The van der Waals surface area contributed by atoms with Gasteiger partial charge in [0.1, 0.15) is 0 Å². The van der Waals surface area contributed by atoms with E-state index in [-0.39, 0.29) is 18.2 Å². The molecule has 0 saturated carbocycles. The van der Waals surface area contributed by atoms with Gasteiger partial charge in [-0.05, 0) is 13.8 Å². The minimum atomic E-state index is -2.84. The molecule has 0 bridgehead atoms. The van der Waals surface area contributed by atoms with Crippen molar-refractivity contribution in [2.75, 3.05) is 19.0 Å². The lowest BCUT2D eigenvalue weighted by Gasteiger charge is -2.30. The molecule has 96 valence electrons. The average Bonchev–Trinajstić information content (AvgIpc) is 2.29. The quantitative estimate of drug-likeness (QED) is 0.706. The second-order valence-corrected chi connectivity index (χ2v) is 4.70. The Bertz CT molecular complexity index is 327. The van der Waals surface area contributed by atoms with E-state index in [9.17, 15) is 8.78 Å². The van der Waals surface area contributed by atoms with Crippen molar-refractivity contribution in [3.05, 3.63) is 35.9 Å². The first-order chi connectivity index (χ1) is 7.97. The van der Waals surface area contributed by atoms with Crippen LogP contribution in [0, 0.1) is 0 Å². The van der Waals surface area contributed by atoms with Crippen LogP contribution in [-0.2, 0) is 5.92 Å². The zero-order chi connectivity index (χ0) is 12.9. The van der Waals surface area contributed by atoms with Crippen LogP contribution in [0.2, 0.25) is 0 Å². The lowest BCUT2D eigenvalue weighted by Crippen LogP contribution is -2.40. The molecule has 0 unspecified atom stereocenters. The molecular weight excluding hydrogens is 244 g/mol. The maximum atomic E-state index is 14.0.